The molecule has 30 heavy (non-hydrogen) atoms. The molecule has 2 aromatic carbocycles. The molecule has 1 aliphatic heterocycles. The van der Waals surface area contributed by atoms with Crippen LogP contribution in [0.3, 0.4) is 0 Å². The number of likely N-dealkylation sites (tertiary alicyclic amines) is 1. The number of nitrogens with zero attached hydrogens (tertiary/aromatic N) is 2. The van der Waals surface area contributed by atoms with Crippen LogP contribution in [0, 0.1) is 6.92 Å². The minimum atomic E-state index is -0.910. The molecule has 0 bridgehead atoms. The standard InChI is InChI=1S/C23H29ClN2O4/c1-16-11-19(7-8-21(16)23(27)28)25(2)22(17-5-4-6-18(24)12-17)14-26-10-9-20(13-26)30-15-29-3/h4-8,11-12,20,22H,9-10,13-15H2,1-3H3,(H,27,28). The van der Waals surface area contributed by atoms with Gasteiger partial charge in [-0.25, -0.2) is 4.79 Å². The largest absolute Gasteiger partial charge is 0.478 e. The Bertz CT molecular complexity index is 876. The normalized spacial score (nSPS) is 17.8. The van der Waals surface area contributed by atoms with Gasteiger partial charge in [-0.05, 0) is 54.8 Å². The number of carbonyl (C=O) groups is 1. The first-order valence-electron chi connectivity index (χ1n) is 10.0. The van der Waals surface area contributed by atoms with Gasteiger partial charge in [0.05, 0.1) is 17.7 Å². The molecule has 6 nitrogen and oxygen atoms in total. The number of aromatic carboxylic acids is 1. The minimum absolute atomic E-state index is 0.0555. The zero-order valence-electron chi connectivity index (χ0n) is 17.7. The third-order valence-corrected chi connectivity index (χ3v) is 5.87. The molecule has 1 heterocycles. The summed E-state index contributed by atoms with van der Waals surface area (Å²) in [6, 6.07) is 13.4. The molecule has 2 unspecified atom stereocenters. The van der Waals surface area contributed by atoms with E-state index in [1.165, 1.54) is 0 Å². The third kappa shape index (κ3) is 5.52. The van der Waals surface area contributed by atoms with E-state index in [0.717, 1.165) is 42.9 Å². The van der Waals surface area contributed by atoms with E-state index in [-0.39, 0.29) is 12.1 Å². The van der Waals surface area contributed by atoms with Crippen LogP contribution < -0.4 is 4.90 Å². The lowest BCUT2D eigenvalue weighted by atomic mass is 10.0. The number of rotatable bonds is 9. The number of ether oxygens (including phenoxy) is 2. The fraction of sp³-hybridized carbons (Fsp3) is 0.435. The average Bonchev–Trinajstić information content (AvgIpc) is 3.17. The Kier molecular flexibility index (Phi) is 7.72. The number of hydrogen-bond donors (Lipinski definition) is 1. The molecule has 1 saturated heterocycles. The van der Waals surface area contributed by atoms with E-state index in [1.54, 1.807) is 13.2 Å². The smallest absolute Gasteiger partial charge is 0.335 e. The van der Waals surface area contributed by atoms with Gasteiger partial charge in [0, 0.05) is 44.5 Å². The number of anilines is 1. The summed E-state index contributed by atoms with van der Waals surface area (Å²) in [5.41, 5.74) is 3.15. The van der Waals surface area contributed by atoms with Crippen LogP contribution >= 0.6 is 11.6 Å². The van der Waals surface area contributed by atoms with Gasteiger partial charge in [0.1, 0.15) is 6.79 Å². The summed E-state index contributed by atoms with van der Waals surface area (Å²) in [6.07, 6.45) is 1.15. The first-order chi connectivity index (χ1) is 14.4. The van der Waals surface area contributed by atoms with Gasteiger partial charge in [-0.3, -0.25) is 4.90 Å². The van der Waals surface area contributed by atoms with Crippen molar-refractivity contribution >= 4 is 23.3 Å². The second kappa shape index (κ2) is 10.3. The molecule has 2 aromatic rings. The van der Waals surface area contributed by atoms with Crippen LogP contribution in [0.2, 0.25) is 5.02 Å². The van der Waals surface area contributed by atoms with Crippen LogP contribution in [0.1, 0.15) is 33.9 Å². The Morgan fingerprint density at radius 1 is 1.33 bits per heavy atom. The molecular weight excluding hydrogens is 404 g/mol. The van der Waals surface area contributed by atoms with Crippen LogP contribution in [0.25, 0.3) is 0 Å². The highest BCUT2D eigenvalue weighted by Crippen LogP contribution is 2.30. The Labute approximate surface area is 183 Å². The van der Waals surface area contributed by atoms with Crippen LogP contribution in [-0.2, 0) is 9.47 Å². The van der Waals surface area contributed by atoms with Crippen molar-refractivity contribution in [1.82, 2.24) is 4.90 Å². The van der Waals surface area contributed by atoms with E-state index in [1.807, 2.05) is 44.3 Å². The Morgan fingerprint density at radius 2 is 2.13 bits per heavy atom. The zero-order valence-corrected chi connectivity index (χ0v) is 18.4. The summed E-state index contributed by atoms with van der Waals surface area (Å²) in [5.74, 6) is -0.910. The molecular formula is C23H29ClN2O4. The number of methoxy groups -OCH3 is 1. The third-order valence-electron chi connectivity index (χ3n) is 5.63. The van der Waals surface area contributed by atoms with Gasteiger partial charge in [-0.15, -0.1) is 0 Å². The molecule has 0 aromatic heterocycles. The minimum Gasteiger partial charge on any atom is -0.478 e. The van der Waals surface area contributed by atoms with Crippen molar-refractivity contribution < 1.29 is 19.4 Å². The topological polar surface area (TPSA) is 62.2 Å². The molecule has 0 saturated carbocycles. The lowest BCUT2D eigenvalue weighted by molar-refractivity contribution is -0.0671. The molecule has 1 N–H and O–H groups in total. The van der Waals surface area contributed by atoms with Crippen molar-refractivity contribution in [3.05, 3.63) is 64.2 Å². The summed E-state index contributed by atoms with van der Waals surface area (Å²) >= 11 is 6.29. The quantitative estimate of drug-likeness (QED) is 0.598. The summed E-state index contributed by atoms with van der Waals surface area (Å²) in [6.45, 7) is 4.75. The maximum absolute atomic E-state index is 11.4. The predicted molar refractivity (Wildman–Crippen MR) is 119 cm³/mol. The number of hydrogen-bond acceptors (Lipinski definition) is 5. The molecule has 1 aliphatic rings. The van der Waals surface area contributed by atoms with Crippen molar-refractivity contribution in [2.75, 3.05) is 45.5 Å². The van der Waals surface area contributed by atoms with Gasteiger partial charge in [0.2, 0.25) is 0 Å². The summed E-state index contributed by atoms with van der Waals surface area (Å²) in [4.78, 5) is 16.0. The maximum atomic E-state index is 11.4. The van der Waals surface area contributed by atoms with E-state index < -0.39 is 5.97 Å². The number of carboxylic acids is 1. The molecule has 0 radical (unpaired) electrons. The SMILES string of the molecule is COCOC1CCN(CC(c2cccc(Cl)c2)N(C)c2ccc(C(=O)O)c(C)c2)C1. The summed E-state index contributed by atoms with van der Waals surface area (Å²) in [5, 5.41) is 10.0. The van der Waals surface area contributed by atoms with Crippen LogP contribution in [0.15, 0.2) is 42.5 Å². The average molecular weight is 433 g/mol. The molecule has 3 rings (SSSR count). The second-order valence-corrected chi connectivity index (χ2v) is 8.17. The highest BCUT2D eigenvalue weighted by molar-refractivity contribution is 6.30. The Balaban J connectivity index is 1.83. The zero-order chi connectivity index (χ0) is 21.7. The van der Waals surface area contributed by atoms with Crippen LogP contribution in [-0.4, -0.2) is 62.7 Å². The van der Waals surface area contributed by atoms with Gasteiger partial charge < -0.3 is 19.5 Å². The van der Waals surface area contributed by atoms with Crippen molar-refractivity contribution in [2.45, 2.75) is 25.5 Å². The molecule has 0 amide bonds. The lowest BCUT2D eigenvalue weighted by Crippen LogP contribution is -2.36. The highest BCUT2D eigenvalue weighted by Gasteiger charge is 2.28. The summed E-state index contributed by atoms with van der Waals surface area (Å²) < 4.78 is 10.8. The molecule has 0 aliphatic carbocycles. The van der Waals surface area contributed by atoms with Crippen molar-refractivity contribution in [1.29, 1.82) is 0 Å². The summed E-state index contributed by atoms with van der Waals surface area (Å²) in [7, 11) is 3.67. The molecule has 162 valence electrons. The van der Waals surface area contributed by atoms with Crippen molar-refractivity contribution in [2.24, 2.45) is 0 Å². The van der Waals surface area contributed by atoms with E-state index in [0.29, 0.717) is 17.4 Å². The number of aryl methyl sites for hydroxylation is 1. The van der Waals surface area contributed by atoms with Crippen LogP contribution in [0.5, 0.6) is 0 Å². The van der Waals surface area contributed by atoms with E-state index in [4.69, 9.17) is 21.1 Å². The molecule has 2 atom stereocenters. The van der Waals surface area contributed by atoms with Gasteiger partial charge in [0.25, 0.3) is 0 Å². The Hall–Kier alpha value is -2.12. The first-order valence-corrected chi connectivity index (χ1v) is 10.4. The van der Waals surface area contributed by atoms with E-state index in [9.17, 15) is 9.90 Å². The fourth-order valence-electron chi connectivity index (χ4n) is 3.96. The van der Waals surface area contributed by atoms with Gasteiger partial charge >= 0.3 is 5.97 Å². The van der Waals surface area contributed by atoms with Crippen molar-refractivity contribution in [3.63, 3.8) is 0 Å². The number of benzene rings is 2. The lowest BCUT2D eigenvalue weighted by Gasteiger charge is -2.34. The Morgan fingerprint density at radius 3 is 2.80 bits per heavy atom. The van der Waals surface area contributed by atoms with Crippen molar-refractivity contribution in [3.8, 4) is 0 Å². The molecule has 0 spiro atoms. The second-order valence-electron chi connectivity index (χ2n) is 7.73. The molecule has 7 heteroatoms. The number of halogens is 1. The predicted octanol–water partition coefficient (Wildman–Crippen LogP) is 4.22. The molecule has 1 fully saturated rings. The highest BCUT2D eigenvalue weighted by atomic mass is 35.5. The van der Waals surface area contributed by atoms with E-state index >= 15 is 0 Å². The van der Waals surface area contributed by atoms with Gasteiger partial charge in [-0.2, -0.15) is 0 Å². The van der Waals surface area contributed by atoms with Gasteiger partial charge in [-0.1, -0.05) is 23.7 Å². The number of likely N-dealkylation sites (N-methyl/N-ethyl adjacent to an activating group) is 1. The fourth-order valence-corrected chi connectivity index (χ4v) is 4.16. The van der Waals surface area contributed by atoms with Crippen LogP contribution in [0.4, 0.5) is 5.69 Å². The van der Waals surface area contributed by atoms with Gasteiger partial charge in [0.15, 0.2) is 0 Å². The van der Waals surface area contributed by atoms with E-state index in [2.05, 4.69) is 15.9 Å². The maximum Gasteiger partial charge on any atom is 0.335 e. The number of carboxylic acid groups (broad SMARTS) is 1. The monoisotopic (exact) mass is 432 g/mol. The first kappa shape index (κ1) is 22.6.